The molecule has 3 aromatic rings. The summed E-state index contributed by atoms with van der Waals surface area (Å²) >= 11 is 0. The minimum Gasteiger partial charge on any atom is -0.465 e. The number of aromatic nitrogens is 2. The van der Waals surface area contributed by atoms with Gasteiger partial charge in [-0.1, -0.05) is 0 Å². The van der Waals surface area contributed by atoms with E-state index in [4.69, 9.17) is 4.74 Å². The number of pyridine rings is 1. The molecule has 1 amide bonds. The Morgan fingerprint density at radius 3 is 2.77 bits per heavy atom. The quantitative estimate of drug-likeness (QED) is 0.660. The van der Waals surface area contributed by atoms with Crippen molar-refractivity contribution in [3.05, 3.63) is 53.6 Å². The first-order valence-corrected chi connectivity index (χ1v) is 11.6. The van der Waals surface area contributed by atoms with Crippen molar-refractivity contribution in [2.45, 2.75) is 24.3 Å². The first kappa shape index (κ1) is 21.3. The molecule has 2 aromatic heterocycles. The van der Waals surface area contributed by atoms with E-state index < -0.39 is 27.9 Å². The lowest BCUT2D eigenvalue weighted by molar-refractivity contribution is -0.0214. The molecule has 1 N–H and O–H groups in total. The molecule has 1 aromatic carbocycles. The Bertz CT molecular complexity index is 1270. The molecule has 0 bridgehead atoms. The number of morpholine rings is 1. The number of sulfone groups is 1. The normalized spacial score (nSPS) is 17.3. The predicted octanol–water partition coefficient (Wildman–Crippen LogP) is 2.77. The minimum atomic E-state index is -3.55. The average molecular weight is 447 g/mol. The van der Waals surface area contributed by atoms with Crippen LogP contribution in [0.1, 0.15) is 11.3 Å². The second-order valence-corrected chi connectivity index (χ2v) is 9.69. The summed E-state index contributed by atoms with van der Waals surface area (Å²) in [4.78, 5) is 17.1. The van der Waals surface area contributed by atoms with E-state index in [0.717, 1.165) is 17.9 Å². The van der Waals surface area contributed by atoms with Gasteiger partial charge in [-0.3, -0.25) is 0 Å². The number of ether oxygens (including phenoxy) is 1. The van der Waals surface area contributed by atoms with E-state index >= 15 is 0 Å². The van der Waals surface area contributed by atoms with Gasteiger partial charge in [0.25, 0.3) is 0 Å². The second kappa shape index (κ2) is 7.93. The van der Waals surface area contributed by atoms with E-state index in [-0.39, 0.29) is 23.6 Å². The van der Waals surface area contributed by atoms with E-state index in [1.807, 2.05) is 29.7 Å². The highest BCUT2D eigenvalue weighted by atomic mass is 32.2. The largest absolute Gasteiger partial charge is 0.465 e. The average Bonchev–Trinajstić information content (AvgIpc) is 3.04. The summed E-state index contributed by atoms with van der Waals surface area (Å²) in [6.45, 7) is 2.69. The molecule has 0 aliphatic carbocycles. The Morgan fingerprint density at radius 1 is 1.32 bits per heavy atom. The number of fused-ring (bicyclic) bond motifs is 1. The number of benzene rings is 1. The van der Waals surface area contributed by atoms with Crippen LogP contribution in [-0.4, -0.2) is 66.0 Å². The van der Waals surface area contributed by atoms with Crippen LogP contribution >= 0.6 is 0 Å². The topological polar surface area (TPSA) is 101 Å². The zero-order valence-corrected chi connectivity index (χ0v) is 17.9. The van der Waals surface area contributed by atoms with Gasteiger partial charge in [0, 0.05) is 31.0 Å². The maximum absolute atomic E-state index is 15.0. The second-order valence-electron chi connectivity index (χ2n) is 7.68. The fourth-order valence-electron chi connectivity index (χ4n) is 3.76. The molecule has 1 aliphatic rings. The Hall–Kier alpha value is -2.98. The van der Waals surface area contributed by atoms with E-state index in [1.165, 1.54) is 17.0 Å². The van der Waals surface area contributed by atoms with Gasteiger partial charge in [-0.05, 0) is 42.8 Å². The lowest BCUT2D eigenvalue weighted by Crippen LogP contribution is -2.45. The van der Waals surface area contributed by atoms with Crippen LogP contribution in [0.3, 0.4) is 0 Å². The van der Waals surface area contributed by atoms with Crippen LogP contribution in [0, 0.1) is 12.7 Å². The first-order chi connectivity index (χ1) is 14.6. The lowest BCUT2D eigenvalue weighted by atomic mass is 10.0. The summed E-state index contributed by atoms with van der Waals surface area (Å²) < 4.78 is 46.1. The molecular formula is C21H22FN3O5S. The van der Waals surface area contributed by atoms with Crippen molar-refractivity contribution in [1.29, 1.82) is 0 Å². The van der Waals surface area contributed by atoms with Crippen LogP contribution in [0.4, 0.5) is 9.18 Å². The zero-order valence-electron chi connectivity index (χ0n) is 17.1. The molecule has 31 heavy (non-hydrogen) atoms. The number of halogens is 1. The van der Waals surface area contributed by atoms with Gasteiger partial charge in [0.2, 0.25) is 0 Å². The number of nitrogens with zero attached hydrogens (tertiary/aromatic N) is 3. The van der Waals surface area contributed by atoms with Crippen LogP contribution in [0.25, 0.3) is 16.9 Å². The first-order valence-electron chi connectivity index (χ1n) is 9.70. The molecule has 1 atom stereocenters. The number of carbonyl (C=O) groups is 1. The Morgan fingerprint density at radius 2 is 2.10 bits per heavy atom. The van der Waals surface area contributed by atoms with Gasteiger partial charge in [-0.25, -0.2) is 22.6 Å². The number of aryl methyl sites for hydroxylation is 1. The van der Waals surface area contributed by atoms with Crippen LogP contribution in [0.15, 0.2) is 41.4 Å². The van der Waals surface area contributed by atoms with Crippen molar-refractivity contribution in [3.63, 3.8) is 0 Å². The third-order valence-corrected chi connectivity index (χ3v) is 6.44. The fraction of sp³-hybridized carbons (Fsp3) is 0.333. The summed E-state index contributed by atoms with van der Waals surface area (Å²) in [6, 6.07) is 7.52. The van der Waals surface area contributed by atoms with Gasteiger partial charge in [0.05, 0.1) is 35.5 Å². The molecule has 4 rings (SSSR count). The number of hydrogen-bond acceptors (Lipinski definition) is 5. The Labute approximate surface area is 178 Å². The molecule has 1 fully saturated rings. The highest BCUT2D eigenvalue weighted by Crippen LogP contribution is 2.30. The zero-order chi connectivity index (χ0) is 22.3. The monoisotopic (exact) mass is 447 g/mol. The molecule has 0 radical (unpaired) electrons. The number of rotatable bonds is 4. The van der Waals surface area contributed by atoms with Crippen molar-refractivity contribution in [3.8, 4) is 11.3 Å². The van der Waals surface area contributed by atoms with Crippen molar-refractivity contribution in [2.24, 2.45) is 0 Å². The standard InChI is InChI=1S/C21H22FN3O5S/c1-13-5-6-25-18(10-14-12-24(21(26)27)7-8-30-14)20(23-19(25)9-13)16-4-3-15(11-17(16)22)31(2,28)29/h3-6,9,11,14H,7-8,10,12H2,1-2H3,(H,26,27). The summed E-state index contributed by atoms with van der Waals surface area (Å²) in [5.74, 6) is -0.693. The number of amides is 1. The molecule has 8 nitrogen and oxygen atoms in total. The van der Waals surface area contributed by atoms with Crippen LogP contribution < -0.4 is 0 Å². The fourth-order valence-corrected chi connectivity index (χ4v) is 4.39. The molecule has 0 spiro atoms. The summed E-state index contributed by atoms with van der Waals surface area (Å²) in [6.07, 6.45) is 1.75. The SMILES string of the molecule is Cc1ccn2c(CC3CN(C(=O)O)CCO3)c(-c3ccc(S(C)(=O)=O)cc3F)nc2c1. The number of imidazole rings is 1. The van der Waals surface area contributed by atoms with Gasteiger partial charge >= 0.3 is 6.09 Å². The Kier molecular flexibility index (Phi) is 5.44. The molecule has 1 saturated heterocycles. The molecule has 1 aliphatic heterocycles. The van der Waals surface area contributed by atoms with Crippen LogP contribution in [-0.2, 0) is 21.0 Å². The summed E-state index contributed by atoms with van der Waals surface area (Å²) in [7, 11) is -3.55. The predicted molar refractivity (Wildman–Crippen MR) is 111 cm³/mol. The number of carboxylic acid groups (broad SMARTS) is 1. The lowest BCUT2D eigenvalue weighted by Gasteiger charge is -2.31. The molecule has 0 saturated carbocycles. The molecule has 10 heteroatoms. The van der Waals surface area contributed by atoms with Crippen LogP contribution in [0.2, 0.25) is 0 Å². The summed E-state index contributed by atoms with van der Waals surface area (Å²) in [5.41, 5.74) is 2.81. The Balaban J connectivity index is 1.80. The highest BCUT2D eigenvalue weighted by Gasteiger charge is 2.27. The third-order valence-electron chi connectivity index (χ3n) is 5.33. The van der Waals surface area contributed by atoms with Crippen molar-refractivity contribution in [1.82, 2.24) is 14.3 Å². The number of hydrogen-bond donors (Lipinski definition) is 1. The molecule has 164 valence electrons. The van der Waals surface area contributed by atoms with Gasteiger partial charge in [0.15, 0.2) is 9.84 Å². The van der Waals surface area contributed by atoms with Gasteiger partial charge in [0.1, 0.15) is 11.5 Å². The van der Waals surface area contributed by atoms with Crippen LogP contribution in [0.5, 0.6) is 0 Å². The van der Waals surface area contributed by atoms with E-state index in [0.29, 0.717) is 30.0 Å². The van der Waals surface area contributed by atoms with E-state index in [2.05, 4.69) is 4.98 Å². The summed E-state index contributed by atoms with van der Waals surface area (Å²) in [5, 5.41) is 9.30. The molecule has 3 heterocycles. The van der Waals surface area contributed by atoms with Crippen molar-refractivity contribution in [2.75, 3.05) is 26.0 Å². The smallest absolute Gasteiger partial charge is 0.407 e. The minimum absolute atomic E-state index is 0.109. The highest BCUT2D eigenvalue weighted by molar-refractivity contribution is 7.90. The van der Waals surface area contributed by atoms with E-state index in [1.54, 1.807) is 0 Å². The third kappa shape index (κ3) is 4.26. The van der Waals surface area contributed by atoms with Crippen molar-refractivity contribution >= 4 is 21.6 Å². The van der Waals surface area contributed by atoms with Crippen molar-refractivity contribution < 1.29 is 27.4 Å². The maximum Gasteiger partial charge on any atom is 0.407 e. The maximum atomic E-state index is 15.0. The van der Waals surface area contributed by atoms with Gasteiger partial charge in [-0.15, -0.1) is 0 Å². The van der Waals surface area contributed by atoms with E-state index in [9.17, 15) is 22.7 Å². The molecular weight excluding hydrogens is 425 g/mol. The van der Waals surface area contributed by atoms with Gasteiger partial charge < -0.3 is 19.1 Å². The molecule has 1 unspecified atom stereocenters. The van der Waals surface area contributed by atoms with Gasteiger partial charge in [-0.2, -0.15) is 0 Å².